The van der Waals surface area contributed by atoms with Crippen molar-refractivity contribution in [1.82, 2.24) is 0 Å². The molecule has 0 saturated heterocycles. The van der Waals surface area contributed by atoms with Crippen molar-refractivity contribution in [3.8, 4) is 0 Å². The molecule has 3 nitrogen and oxygen atoms in total. The van der Waals surface area contributed by atoms with E-state index in [1.807, 2.05) is 53.4 Å². The Kier molecular flexibility index (Phi) is 3.31. The summed E-state index contributed by atoms with van der Waals surface area (Å²) in [5.41, 5.74) is 4.03. The molecule has 1 aliphatic carbocycles. The zero-order valence-corrected chi connectivity index (χ0v) is 13.5. The fourth-order valence-corrected chi connectivity index (χ4v) is 4.26. The number of amides is 1. The molecule has 1 amide bonds. The normalized spacial score (nSPS) is 25.9. The number of nitrogens with zero attached hydrogens (tertiary/aromatic N) is 1. The van der Waals surface area contributed by atoms with Crippen LogP contribution in [0.2, 0.25) is 0 Å². The summed E-state index contributed by atoms with van der Waals surface area (Å²) in [4.78, 5) is 14.6. The lowest BCUT2D eigenvalue weighted by Gasteiger charge is -2.29. The largest absolute Gasteiger partial charge is 0.392 e. The Hall–Kier alpha value is -1.65. The Morgan fingerprint density at radius 2 is 1.91 bits per heavy atom. The molecule has 4 rings (SSSR count). The molecule has 1 heterocycles. The second-order valence-electron chi connectivity index (χ2n) is 5.96. The summed E-state index contributed by atoms with van der Waals surface area (Å²) in [6.07, 6.45) is 0.290. The number of hydrogen-bond donors (Lipinski definition) is 1. The van der Waals surface area contributed by atoms with Gasteiger partial charge in [0.25, 0.3) is 5.91 Å². The van der Waals surface area contributed by atoms with E-state index < -0.39 is 6.10 Å². The Morgan fingerprint density at radius 1 is 1.14 bits per heavy atom. The first-order chi connectivity index (χ1) is 10.7. The molecule has 3 atom stereocenters. The van der Waals surface area contributed by atoms with E-state index in [4.69, 9.17) is 0 Å². The second-order valence-corrected chi connectivity index (χ2v) is 6.95. The average molecular weight is 358 g/mol. The number of anilines is 1. The van der Waals surface area contributed by atoms with Crippen molar-refractivity contribution in [2.24, 2.45) is 0 Å². The van der Waals surface area contributed by atoms with Gasteiger partial charge in [0.15, 0.2) is 0 Å². The minimum Gasteiger partial charge on any atom is -0.392 e. The highest BCUT2D eigenvalue weighted by Gasteiger charge is 2.41. The maximum atomic E-state index is 12.8. The first kappa shape index (κ1) is 14.0. The number of rotatable bonds is 1. The maximum Gasteiger partial charge on any atom is 0.258 e. The van der Waals surface area contributed by atoms with Crippen LogP contribution in [0.15, 0.2) is 48.5 Å². The summed E-state index contributed by atoms with van der Waals surface area (Å²) in [6, 6.07) is 15.4. The van der Waals surface area contributed by atoms with Crippen LogP contribution in [0.1, 0.15) is 38.7 Å². The molecule has 0 aromatic heterocycles. The summed E-state index contributed by atoms with van der Waals surface area (Å²) in [5, 5.41) is 10.2. The number of alkyl halides is 1. The quantitative estimate of drug-likeness (QED) is 0.791. The molecule has 2 aromatic carbocycles. The van der Waals surface area contributed by atoms with Gasteiger partial charge in [-0.2, -0.15) is 0 Å². The molecule has 0 fully saturated rings. The average Bonchev–Trinajstić information content (AvgIpc) is 2.92. The lowest BCUT2D eigenvalue weighted by molar-refractivity contribution is 0.0984. The van der Waals surface area contributed by atoms with Gasteiger partial charge >= 0.3 is 0 Å². The molecule has 0 radical (unpaired) electrons. The number of carbonyl (C=O) groups excluding carboxylic acids is 1. The van der Waals surface area contributed by atoms with Gasteiger partial charge in [0.1, 0.15) is 0 Å². The lowest BCUT2D eigenvalue weighted by atomic mass is 9.82. The molecule has 112 valence electrons. The van der Waals surface area contributed by atoms with Gasteiger partial charge < -0.3 is 10.0 Å². The number of hydrogen-bond acceptors (Lipinski definition) is 2. The number of carbonyl (C=O) groups is 1. The lowest BCUT2D eigenvalue weighted by Crippen LogP contribution is -2.31. The van der Waals surface area contributed by atoms with E-state index in [-0.39, 0.29) is 16.7 Å². The summed E-state index contributed by atoms with van der Waals surface area (Å²) in [6.45, 7) is 0.650. The molecule has 0 spiro atoms. The van der Waals surface area contributed by atoms with Gasteiger partial charge in [-0.25, -0.2) is 0 Å². The molecular weight excluding hydrogens is 342 g/mol. The van der Waals surface area contributed by atoms with E-state index in [2.05, 4.69) is 15.9 Å². The minimum absolute atomic E-state index is 0.0315. The van der Waals surface area contributed by atoms with Crippen molar-refractivity contribution in [3.63, 3.8) is 0 Å². The van der Waals surface area contributed by atoms with Gasteiger partial charge in [-0.15, -0.1) is 0 Å². The number of halogens is 1. The number of benzene rings is 2. The van der Waals surface area contributed by atoms with Crippen molar-refractivity contribution >= 4 is 27.5 Å². The van der Waals surface area contributed by atoms with Gasteiger partial charge in [-0.3, -0.25) is 4.79 Å². The Bertz CT molecular complexity index is 731. The molecule has 2 aliphatic rings. The van der Waals surface area contributed by atoms with E-state index in [0.717, 1.165) is 11.3 Å². The highest BCUT2D eigenvalue weighted by atomic mass is 79.9. The zero-order chi connectivity index (χ0) is 15.3. The summed E-state index contributed by atoms with van der Waals surface area (Å²) >= 11 is 3.59. The fraction of sp³-hybridized carbons (Fsp3) is 0.278. The van der Waals surface area contributed by atoms with Crippen LogP contribution in [0.3, 0.4) is 0 Å². The molecule has 1 N–H and O–H groups in total. The van der Waals surface area contributed by atoms with Crippen LogP contribution >= 0.6 is 15.9 Å². The predicted molar refractivity (Wildman–Crippen MR) is 89.6 cm³/mol. The third-order valence-corrected chi connectivity index (χ3v) is 5.75. The van der Waals surface area contributed by atoms with Crippen molar-refractivity contribution in [3.05, 3.63) is 65.2 Å². The Balaban J connectivity index is 1.78. The highest BCUT2D eigenvalue weighted by molar-refractivity contribution is 9.09. The van der Waals surface area contributed by atoms with Crippen molar-refractivity contribution in [1.29, 1.82) is 0 Å². The SMILES string of the molecule is O=C(c1ccccc1)N1C[C@@H]2C[C@@H](O)[C@H](Br)c3cccc1c32. The fourth-order valence-electron chi connectivity index (χ4n) is 3.64. The molecular formula is C18H16BrNO2. The molecule has 2 aromatic rings. The van der Waals surface area contributed by atoms with Gasteiger partial charge in [0.2, 0.25) is 0 Å². The van der Waals surface area contributed by atoms with E-state index >= 15 is 0 Å². The van der Waals surface area contributed by atoms with Gasteiger partial charge in [-0.05, 0) is 35.7 Å². The monoisotopic (exact) mass is 357 g/mol. The van der Waals surface area contributed by atoms with Crippen molar-refractivity contribution in [2.45, 2.75) is 23.3 Å². The summed E-state index contributed by atoms with van der Waals surface area (Å²) in [5.74, 6) is 0.256. The smallest absolute Gasteiger partial charge is 0.258 e. The minimum atomic E-state index is -0.403. The van der Waals surface area contributed by atoms with Gasteiger partial charge in [0, 0.05) is 23.7 Å². The molecule has 4 heteroatoms. The Morgan fingerprint density at radius 3 is 2.68 bits per heavy atom. The molecule has 0 unspecified atom stereocenters. The van der Waals surface area contributed by atoms with E-state index in [0.29, 0.717) is 18.5 Å². The van der Waals surface area contributed by atoms with Crippen LogP contribution in [0.5, 0.6) is 0 Å². The third-order valence-electron chi connectivity index (χ3n) is 4.65. The Labute approximate surface area is 137 Å². The molecule has 0 bridgehead atoms. The zero-order valence-electron chi connectivity index (χ0n) is 11.9. The number of aliphatic hydroxyl groups excluding tert-OH is 1. The first-order valence-corrected chi connectivity index (χ1v) is 8.40. The van der Waals surface area contributed by atoms with Crippen LogP contribution in [-0.4, -0.2) is 23.7 Å². The maximum absolute atomic E-state index is 12.8. The highest BCUT2D eigenvalue weighted by Crippen LogP contribution is 2.50. The second kappa shape index (κ2) is 5.21. The van der Waals surface area contributed by atoms with Crippen molar-refractivity contribution < 1.29 is 9.90 Å². The molecule has 1 aliphatic heterocycles. The van der Waals surface area contributed by atoms with Crippen molar-refractivity contribution in [2.75, 3.05) is 11.4 Å². The molecule has 22 heavy (non-hydrogen) atoms. The van der Waals surface area contributed by atoms with Crippen LogP contribution < -0.4 is 4.90 Å². The van der Waals surface area contributed by atoms with Crippen LogP contribution in [0.25, 0.3) is 0 Å². The van der Waals surface area contributed by atoms with Gasteiger partial charge in [0.05, 0.1) is 10.9 Å². The predicted octanol–water partition coefficient (Wildman–Crippen LogP) is 3.63. The summed E-state index contributed by atoms with van der Waals surface area (Å²) < 4.78 is 0. The van der Waals surface area contributed by atoms with E-state index in [9.17, 15) is 9.90 Å². The van der Waals surface area contributed by atoms with Crippen LogP contribution in [-0.2, 0) is 0 Å². The topological polar surface area (TPSA) is 40.5 Å². The van der Waals surface area contributed by atoms with Gasteiger partial charge in [-0.1, -0.05) is 46.3 Å². The summed E-state index contributed by atoms with van der Waals surface area (Å²) in [7, 11) is 0. The number of aliphatic hydroxyl groups is 1. The third kappa shape index (κ3) is 2.02. The first-order valence-electron chi connectivity index (χ1n) is 7.48. The van der Waals surface area contributed by atoms with Crippen LogP contribution in [0.4, 0.5) is 5.69 Å². The van der Waals surface area contributed by atoms with E-state index in [1.165, 1.54) is 5.56 Å². The van der Waals surface area contributed by atoms with Crippen LogP contribution in [0, 0.1) is 0 Å². The molecule has 0 saturated carbocycles. The standard InChI is InChI=1S/C18H16BrNO2/c19-17-13-7-4-8-14-16(13)12(9-15(17)21)10-20(14)18(22)11-5-2-1-3-6-11/h1-8,12,15,17,21H,9-10H2/t12-,15+,17+/m0/s1. The van der Waals surface area contributed by atoms with E-state index in [1.54, 1.807) is 0 Å².